The fraction of sp³-hybridized carbons (Fsp3) is 0.588. The van der Waals surface area contributed by atoms with E-state index in [1.54, 1.807) is 0 Å². The largest absolute Gasteiger partial charge is 0.382 e. The topological polar surface area (TPSA) is 44.4 Å². The van der Waals surface area contributed by atoms with Gasteiger partial charge >= 0.3 is 0 Å². The number of anilines is 2. The first kappa shape index (κ1) is 14.2. The normalized spacial score (nSPS) is 18.9. The second-order valence-electron chi connectivity index (χ2n) is 6.18. The predicted molar refractivity (Wildman–Crippen MR) is 87.0 cm³/mol. The van der Waals surface area contributed by atoms with E-state index in [1.165, 1.54) is 25.7 Å². The fourth-order valence-corrected chi connectivity index (χ4v) is 3.39. The first-order valence-electron chi connectivity index (χ1n) is 8.14. The third-order valence-electron chi connectivity index (χ3n) is 4.72. The van der Waals surface area contributed by atoms with Gasteiger partial charge in [-0.1, -0.05) is 25.7 Å². The molecule has 0 bridgehead atoms. The SMILES string of the molecule is CN(C(=O)c1ccc2c(c1)NCCN2)C1CCCCCC1. The van der Waals surface area contributed by atoms with E-state index in [-0.39, 0.29) is 5.91 Å². The molecule has 0 aromatic heterocycles. The number of benzene rings is 1. The number of hydrogen-bond acceptors (Lipinski definition) is 3. The molecular weight excluding hydrogens is 262 g/mol. The molecule has 3 rings (SSSR count). The average Bonchev–Trinajstić information content (AvgIpc) is 2.82. The van der Waals surface area contributed by atoms with E-state index in [4.69, 9.17) is 0 Å². The molecule has 1 aromatic rings. The van der Waals surface area contributed by atoms with Gasteiger partial charge in [-0.2, -0.15) is 0 Å². The summed E-state index contributed by atoms with van der Waals surface area (Å²) >= 11 is 0. The lowest BCUT2D eigenvalue weighted by atomic mass is 10.1. The van der Waals surface area contributed by atoms with E-state index in [2.05, 4.69) is 10.6 Å². The number of carbonyl (C=O) groups excluding carboxylic acids is 1. The molecule has 0 radical (unpaired) electrons. The molecule has 2 N–H and O–H groups in total. The summed E-state index contributed by atoms with van der Waals surface area (Å²) in [6.07, 6.45) is 7.41. The third kappa shape index (κ3) is 3.14. The van der Waals surface area contributed by atoms with Gasteiger partial charge in [0, 0.05) is 31.7 Å². The number of amides is 1. The Kier molecular flexibility index (Phi) is 4.32. The summed E-state index contributed by atoms with van der Waals surface area (Å²) in [7, 11) is 1.96. The van der Waals surface area contributed by atoms with Gasteiger partial charge in [-0.05, 0) is 31.0 Å². The van der Waals surface area contributed by atoms with Crippen LogP contribution in [0.3, 0.4) is 0 Å². The third-order valence-corrected chi connectivity index (χ3v) is 4.72. The van der Waals surface area contributed by atoms with Crippen LogP contribution in [0.15, 0.2) is 18.2 Å². The van der Waals surface area contributed by atoms with Crippen molar-refractivity contribution in [2.24, 2.45) is 0 Å². The summed E-state index contributed by atoms with van der Waals surface area (Å²) in [4.78, 5) is 14.7. The molecule has 4 nitrogen and oxygen atoms in total. The maximum atomic E-state index is 12.7. The Bertz CT molecular complexity index is 507. The van der Waals surface area contributed by atoms with Crippen LogP contribution in [0.4, 0.5) is 11.4 Å². The van der Waals surface area contributed by atoms with E-state index in [9.17, 15) is 4.79 Å². The van der Waals surface area contributed by atoms with E-state index in [0.717, 1.165) is 42.9 Å². The van der Waals surface area contributed by atoms with Crippen LogP contribution in [0.1, 0.15) is 48.9 Å². The summed E-state index contributed by atoms with van der Waals surface area (Å²) in [5.74, 6) is 0.150. The van der Waals surface area contributed by atoms with Crippen molar-refractivity contribution >= 4 is 17.3 Å². The maximum absolute atomic E-state index is 12.7. The smallest absolute Gasteiger partial charge is 0.253 e. The van der Waals surface area contributed by atoms with E-state index in [1.807, 2.05) is 30.1 Å². The molecule has 114 valence electrons. The van der Waals surface area contributed by atoms with E-state index in [0.29, 0.717) is 6.04 Å². The molecule has 1 aromatic carbocycles. The Balaban J connectivity index is 1.74. The fourth-order valence-electron chi connectivity index (χ4n) is 3.39. The van der Waals surface area contributed by atoms with Gasteiger partial charge in [-0.25, -0.2) is 0 Å². The van der Waals surface area contributed by atoms with Gasteiger partial charge in [0.25, 0.3) is 5.91 Å². The maximum Gasteiger partial charge on any atom is 0.253 e. The molecule has 0 spiro atoms. The second kappa shape index (κ2) is 6.37. The second-order valence-corrected chi connectivity index (χ2v) is 6.18. The quantitative estimate of drug-likeness (QED) is 0.820. The van der Waals surface area contributed by atoms with Gasteiger partial charge in [0.05, 0.1) is 11.4 Å². The van der Waals surface area contributed by atoms with Gasteiger partial charge in [0.15, 0.2) is 0 Å². The minimum atomic E-state index is 0.150. The van der Waals surface area contributed by atoms with Gasteiger partial charge in [-0.3, -0.25) is 4.79 Å². The summed E-state index contributed by atoms with van der Waals surface area (Å²) in [5, 5.41) is 6.70. The number of fused-ring (bicyclic) bond motifs is 1. The van der Waals surface area contributed by atoms with Crippen molar-refractivity contribution in [1.82, 2.24) is 4.90 Å². The Labute approximate surface area is 126 Å². The number of carbonyl (C=O) groups is 1. The molecule has 1 aliphatic carbocycles. The van der Waals surface area contributed by atoms with Crippen molar-refractivity contribution in [2.45, 2.75) is 44.6 Å². The van der Waals surface area contributed by atoms with Crippen LogP contribution in [0.25, 0.3) is 0 Å². The summed E-state index contributed by atoms with van der Waals surface area (Å²) in [6.45, 7) is 1.84. The van der Waals surface area contributed by atoms with Crippen molar-refractivity contribution in [3.63, 3.8) is 0 Å². The van der Waals surface area contributed by atoms with Gasteiger partial charge < -0.3 is 15.5 Å². The highest BCUT2D eigenvalue weighted by atomic mass is 16.2. The molecule has 0 saturated heterocycles. The van der Waals surface area contributed by atoms with E-state index < -0.39 is 0 Å². The summed E-state index contributed by atoms with van der Waals surface area (Å²) in [6, 6.07) is 6.34. The lowest BCUT2D eigenvalue weighted by Gasteiger charge is -2.28. The standard InChI is InChI=1S/C17H25N3O/c1-20(14-6-4-2-3-5-7-14)17(21)13-8-9-15-16(12-13)19-11-10-18-15/h8-9,12,14,18-19H,2-7,10-11H2,1H3. The molecule has 4 heteroatoms. The highest BCUT2D eigenvalue weighted by molar-refractivity contribution is 5.96. The Morgan fingerprint density at radius 3 is 2.43 bits per heavy atom. The Hall–Kier alpha value is -1.71. The molecule has 1 heterocycles. The number of rotatable bonds is 2. The van der Waals surface area contributed by atoms with Crippen LogP contribution in [0.5, 0.6) is 0 Å². The minimum Gasteiger partial charge on any atom is -0.382 e. The molecule has 1 aliphatic heterocycles. The zero-order valence-electron chi connectivity index (χ0n) is 12.8. The van der Waals surface area contributed by atoms with E-state index >= 15 is 0 Å². The van der Waals surface area contributed by atoms with Gasteiger partial charge in [0.1, 0.15) is 0 Å². The molecule has 0 atom stereocenters. The molecule has 2 aliphatic rings. The molecular formula is C17H25N3O. The van der Waals surface area contributed by atoms with Crippen molar-refractivity contribution < 1.29 is 4.79 Å². The van der Waals surface area contributed by atoms with Gasteiger partial charge in [0.2, 0.25) is 0 Å². The summed E-state index contributed by atoms with van der Waals surface area (Å²) in [5.41, 5.74) is 2.92. The molecule has 1 fully saturated rings. The molecule has 0 unspecified atom stereocenters. The van der Waals surface area contributed by atoms with Crippen LogP contribution in [0.2, 0.25) is 0 Å². The van der Waals surface area contributed by atoms with Crippen molar-refractivity contribution in [3.8, 4) is 0 Å². The predicted octanol–water partition coefficient (Wildman–Crippen LogP) is 3.32. The molecule has 21 heavy (non-hydrogen) atoms. The van der Waals surface area contributed by atoms with Crippen LogP contribution >= 0.6 is 0 Å². The summed E-state index contributed by atoms with van der Waals surface area (Å²) < 4.78 is 0. The van der Waals surface area contributed by atoms with Crippen molar-refractivity contribution in [3.05, 3.63) is 23.8 Å². The van der Waals surface area contributed by atoms with Crippen LogP contribution in [0, 0.1) is 0 Å². The molecule has 1 saturated carbocycles. The van der Waals surface area contributed by atoms with Gasteiger partial charge in [-0.15, -0.1) is 0 Å². The highest BCUT2D eigenvalue weighted by Crippen LogP contribution is 2.27. The van der Waals surface area contributed by atoms with Crippen LogP contribution in [-0.4, -0.2) is 37.0 Å². The average molecular weight is 287 g/mol. The minimum absolute atomic E-state index is 0.150. The monoisotopic (exact) mass is 287 g/mol. The highest BCUT2D eigenvalue weighted by Gasteiger charge is 2.23. The van der Waals surface area contributed by atoms with Crippen molar-refractivity contribution in [2.75, 3.05) is 30.8 Å². The first-order chi connectivity index (χ1) is 10.3. The molecule has 1 amide bonds. The van der Waals surface area contributed by atoms with Crippen LogP contribution < -0.4 is 10.6 Å². The Morgan fingerprint density at radius 2 is 1.71 bits per heavy atom. The van der Waals surface area contributed by atoms with Crippen molar-refractivity contribution in [1.29, 1.82) is 0 Å². The zero-order valence-corrected chi connectivity index (χ0v) is 12.8. The first-order valence-corrected chi connectivity index (χ1v) is 8.14. The lowest BCUT2D eigenvalue weighted by molar-refractivity contribution is 0.0718. The number of nitrogens with one attached hydrogen (secondary N) is 2. The number of nitrogens with zero attached hydrogens (tertiary/aromatic N) is 1. The van der Waals surface area contributed by atoms with Crippen LogP contribution in [-0.2, 0) is 0 Å². The zero-order chi connectivity index (χ0) is 14.7. The number of hydrogen-bond donors (Lipinski definition) is 2. The lowest BCUT2D eigenvalue weighted by Crippen LogP contribution is -2.36. The Morgan fingerprint density at radius 1 is 1.05 bits per heavy atom.